The maximum atomic E-state index is 12.5. The van der Waals surface area contributed by atoms with E-state index < -0.39 is 57.9 Å². The van der Waals surface area contributed by atoms with Gasteiger partial charge in [0.2, 0.25) is 5.79 Å². The molecule has 12 heteroatoms. The van der Waals surface area contributed by atoms with E-state index in [0.29, 0.717) is 0 Å². The van der Waals surface area contributed by atoms with E-state index in [4.69, 9.17) is 23.7 Å². The molecule has 3 rings (SSSR count). The molecule has 0 unspecified atom stereocenters. The molecule has 3 heterocycles. The molecule has 3 aliphatic heterocycles. The Hall–Kier alpha value is -0.500. The molecule has 0 aromatic carbocycles. The minimum atomic E-state index is -5.81. The fourth-order valence-corrected chi connectivity index (χ4v) is 3.56. The average molecular weight is 392 g/mol. The molecule has 3 aliphatic rings. The molecule has 0 spiro atoms. The Labute approximate surface area is 142 Å². The van der Waals surface area contributed by atoms with Crippen molar-refractivity contribution >= 4 is 10.1 Å². The van der Waals surface area contributed by atoms with Crippen LogP contribution >= 0.6 is 0 Å². The van der Waals surface area contributed by atoms with Crippen molar-refractivity contribution < 1.29 is 49.5 Å². The number of rotatable bonds is 3. The summed E-state index contributed by atoms with van der Waals surface area (Å²) in [7, 11) is -5.81. The van der Waals surface area contributed by atoms with E-state index in [2.05, 4.69) is 4.18 Å². The molecule has 0 aromatic rings. The van der Waals surface area contributed by atoms with Crippen molar-refractivity contribution in [3.63, 3.8) is 0 Å². The van der Waals surface area contributed by atoms with Gasteiger partial charge in [-0.1, -0.05) is 0 Å². The quantitative estimate of drug-likeness (QED) is 0.524. The van der Waals surface area contributed by atoms with Crippen LogP contribution in [0.3, 0.4) is 0 Å². The molecule has 0 saturated carbocycles. The van der Waals surface area contributed by atoms with Crippen LogP contribution < -0.4 is 0 Å². The first-order chi connectivity index (χ1) is 11.2. The van der Waals surface area contributed by atoms with Gasteiger partial charge in [0.1, 0.15) is 24.9 Å². The summed E-state index contributed by atoms with van der Waals surface area (Å²) in [6.07, 6.45) is -2.41. The molecule has 4 atom stereocenters. The minimum Gasteiger partial charge on any atom is -0.348 e. The van der Waals surface area contributed by atoms with Gasteiger partial charge in [0.15, 0.2) is 11.6 Å². The number of hydrogen-bond acceptors (Lipinski definition) is 8. The van der Waals surface area contributed by atoms with E-state index in [1.54, 1.807) is 13.8 Å². The summed E-state index contributed by atoms with van der Waals surface area (Å²) >= 11 is 0. The predicted molar refractivity (Wildman–Crippen MR) is 73.5 cm³/mol. The van der Waals surface area contributed by atoms with Crippen molar-refractivity contribution in [1.29, 1.82) is 0 Å². The molecule has 0 radical (unpaired) electrons. The number of hydrogen-bond donors (Lipinski definition) is 0. The van der Waals surface area contributed by atoms with Crippen LogP contribution in [0.1, 0.15) is 27.7 Å². The topological polar surface area (TPSA) is 89.5 Å². The smallest absolute Gasteiger partial charge is 0.348 e. The van der Waals surface area contributed by atoms with Gasteiger partial charge in [-0.2, -0.15) is 21.6 Å². The summed E-state index contributed by atoms with van der Waals surface area (Å²) in [5.74, 6) is -4.05. The second-order valence-electron chi connectivity index (χ2n) is 6.96. The lowest BCUT2D eigenvalue weighted by molar-refractivity contribution is -0.329. The molecule has 0 aromatic heterocycles. The van der Waals surface area contributed by atoms with Gasteiger partial charge < -0.3 is 23.7 Å². The SMILES string of the molecule is CC1(C)OC[C@@H]2O[C@@]3(COS(=O)(=O)C(F)(F)F)OC(C)(C)O[C@H]3[C@@H]2O1. The van der Waals surface area contributed by atoms with Crippen LogP contribution in [0, 0.1) is 0 Å². The normalized spacial score (nSPS) is 39.9. The zero-order chi connectivity index (χ0) is 18.9. The van der Waals surface area contributed by atoms with Gasteiger partial charge in [-0.05, 0) is 27.7 Å². The van der Waals surface area contributed by atoms with Crippen LogP contribution in [0.5, 0.6) is 0 Å². The van der Waals surface area contributed by atoms with Gasteiger partial charge in [0.25, 0.3) is 0 Å². The number of halogens is 3. The maximum Gasteiger partial charge on any atom is 0.523 e. The number of fused-ring (bicyclic) bond motifs is 3. The van der Waals surface area contributed by atoms with Crippen molar-refractivity contribution in [2.75, 3.05) is 13.2 Å². The third-order valence-electron chi connectivity index (χ3n) is 3.99. The van der Waals surface area contributed by atoms with Crippen molar-refractivity contribution in [1.82, 2.24) is 0 Å². The molecular weight excluding hydrogens is 373 g/mol. The molecule has 25 heavy (non-hydrogen) atoms. The summed E-state index contributed by atoms with van der Waals surface area (Å²) < 4.78 is 92.3. The molecule has 0 amide bonds. The summed E-state index contributed by atoms with van der Waals surface area (Å²) in [6, 6.07) is 0. The number of alkyl halides is 3. The van der Waals surface area contributed by atoms with E-state index in [0.717, 1.165) is 0 Å². The van der Waals surface area contributed by atoms with Crippen LogP contribution in [-0.2, 0) is 38.0 Å². The highest BCUT2D eigenvalue weighted by molar-refractivity contribution is 7.87. The Bertz CT molecular complexity index is 646. The van der Waals surface area contributed by atoms with Gasteiger partial charge in [-0.3, -0.25) is 4.18 Å². The van der Waals surface area contributed by atoms with Gasteiger partial charge in [-0.15, -0.1) is 0 Å². The molecule has 8 nitrogen and oxygen atoms in total. The standard InChI is InChI=1S/C13H19F3O8S/c1-10(2)19-5-7-8(22-10)9-12(21-7,24-11(3,4)23-9)6-20-25(17,18)13(14,15)16/h7-9H,5-6H2,1-4H3/t7-,8+,9-,12-/m0/s1. The van der Waals surface area contributed by atoms with Gasteiger partial charge >= 0.3 is 15.6 Å². The first kappa shape index (κ1) is 19.3. The van der Waals surface area contributed by atoms with Crippen LogP contribution in [0.25, 0.3) is 0 Å². The van der Waals surface area contributed by atoms with Gasteiger partial charge in [0.05, 0.1) is 6.61 Å². The van der Waals surface area contributed by atoms with Crippen molar-refractivity contribution in [3.05, 3.63) is 0 Å². The molecule has 0 bridgehead atoms. The molecule has 0 N–H and O–H groups in total. The largest absolute Gasteiger partial charge is 0.523 e. The second-order valence-corrected chi connectivity index (χ2v) is 8.57. The first-order valence-corrected chi connectivity index (χ1v) is 8.91. The van der Waals surface area contributed by atoms with E-state index >= 15 is 0 Å². The van der Waals surface area contributed by atoms with E-state index in [-0.39, 0.29) is 6.61 Å². The second kappa shape index (κ2) is 5.50. The summed E-state index contributed by atoms with van der Waals surface area (Å²) in [5, 5.41) is 0. The van der Waals surface area contributed by atoms with Crippen LogP contribution in [0.15, 0.2) is 0 Å². The summed E-state index contributed by atoms with van der Waals surface area (Å²) in [4.78, 5) is 0. The Morgan fingerprint density at radius 2 is 1.72 bits per heavy atom. The third-order valence-corrected chi connectivity index (χ3v) is 4.99. The monoisotopic (exact) mass is 392 g/mol. The maximum absolute atomic E-state index is 12.5. The van der Waals surface area contributed by atoms with E-state index in [9.17, 15) is 21.6 Å². The van der Waals surface area contributed by atoms with E-state index in [1.807, 2.05) is 0 Å². The average Bonchev–Trinajstić information content (AvgIpc) is 2.83. The van der Waals surface area contributed by atoms with Crippen molar-refractivity contribution in [2.24, 2.45) is 0 Å². The molecule has 3 saturated heterocycles. The van der Waals surface area contributed by atoms with Gasteiger partial charge in [0, 0.05) is 0 Å². The van der Waals surface area contributed by atoms with Gasteiger partial charge in [-0.25, -0.2) is 0 Å². The highest BCUT2D eigenvalue weighted by atomic mass is 32.2. The summed E-state index contributed by atoms with van der Waals surface area (Å²) in [5.41, 5.74) is -5.55. The third kappa shape index (κ3) is 3.40. The van der Waals surface area contributed by atoms with Crippen molar-refractivity contribution in [3.8, 4) is 0 Å². The highest BCUT2D eigenvalue weighted by Gasteiger charge is 2.68. The Morgan fingerprint density at radius 3 is 2.32 bits per heavy atom. The lowest BCUT2D eigenvalue weighted by Gasteiger charge is -2.38. The molecule has 3 fully saturated rings. The van der Waals surface area contributed by atoms with Crippen LogP contribution in [-0.4, -0.2) is 62.8 Å². The fraction of sp³-hybridized carbons (Fsp3) is 1.00. The minimum absolute atomic E-state index is 0.0785. The zero-order valence-electron chi connectivity index (χ0n) is 14.0. The van der Waals surface area contributed by atoms with Crippen LogP contribution in [0.4, 0.5) is 13.2 Å². The zero-order valence-corrected chi connectivity index (χ0v) is 14.8. The Morgan fingerprint density at radius 1 is 1.08 bits per heavy atom. The number of ether oxygens (including phenoxy) is 5. The first-order valence-electron chi connectivity index (χ1n) is 7.50. The van der Waals surface area contributed by atoms with Crippen molar-refractivity contribution in [2.45, 2.75) is 68.9 Å². The fourth-order valence-electron chi connectivity index (χ4n) is 3.10. The summed E-state index contributed by atoms with van der Waals surface area (Å²) in [6.45, 7) is 5.42. The molecule has 0 aliphatic carbocycles. The molecular formula is C13H19F3O8S. The predicted octanol–water partition coefficient (Wildman–Crippen LogP) is 1.25. The Kier molecular flexibility index (Phi) is 4.24. The van der Waals surface area contributed by atoms with E-state index in [1.165, 1.54) is 13.8 Å². The lowest BCUT2D eigenvalue weighted by atomic mass is 10.0. The van der Waals surface area contributed by atoms with Crippen LogP contribution in [0.2, 0.25) is 0 Å². The highest BCUT2D eigenvalue weighted by Crippen LogP contribution is 2.49. The Balaban J connectivity index is 1.85. The lowest BCUT2D eigenvalue weighted by Crippen LogP contribution is -2.51. The molecule has 146 valence electrons.